The van der Waals surface area contributed by atoms with Crippen molar-refractivity contribution in [3.63, 3.8) is 0 Å². The highest BCUT2D eigenvalue weighted by atomic mass is 32.1. The number of nitro groups is 1. The predicted octanol–water partition coefficient (Wildman–Crippen LogP) is 4.29. The Morgan fingerprint density at radius 1 is 1.13 bits per heavy atom. The Morgan fingerprint density at radius 2 is 1.84 bits per heavy atom. The minimum absolute atomic E-state index is 0.137. The minimum Gasteiger partial charge on any atom is -0.507 e. The van der Waals surface area contributed by atoms with Gasteiger partial charge in [0.1, 0.15) is 5.76 Å². The van der Waals surface area contributed by atoms with E-state index in [1.165, 1.54) is 34.4 Å². The fraction of sp³-hybridized carbons (Fsp3) is 0.136. The van der Waals surface area contributed by atoms with Crippen molar-refractivity contribution in [3.05, 3.63) is 92.0 Å². The first-order chi connectivity index (χ1) is 14.8. The molecule has 2 aromatic carbocycles. The van der Waals surface area contributed by atoms with Crippen molar-refractivity contribution in [2.75, 3.05) is 4.90 Å². The summed E-state index contributed by atoms with van der Waals surface area (Å²) in [5.41, 5.74) is 1.08. The van der Waals surface area contributed by atoms with Crippen molar-refractivity contribution < 1.29 is 19.6 Å². The smallest absolute Gasteiger partial charge is 0.301 e. The number of benzene rings is 2. The zero-order valence-electron chi connectivity index (χ0n) is 16.6. The average Bonchev–Trinajstić information content (AvgIpc) is 3.23. The lowest BCUT2D eigenvalue weighted by atomic mass is 9.95. The molecule has 0 aliphatic carbocycles. The summed E-state index contributed by atoms with van der Waals surface area (Å²) in [6.07, 6.45) is 0. The number of aliphatic hydroxyl groups is 1. The van der Waals surface area contributed by atoms with Crippen LogP contribution in [0.3, 0.4) is 0 Å². The molecule has 1 fully saturated rings. The molecule has 1 aliphatic rings. The van der Waals surface area contributed by atoms with E-state index >= 15 is 0 Å². The largest absolute Gasteiger partial charge is 0.507 e. The molecule has 1 saturated heterocycles. The van der Waals surface area contributed by atoms with Gasteiger partial charge < -0.3 is 5.11 Å². The summed E-state index contributed by atoms with van der Waals surface area (Å²) < 4.78 is 0. The number of nitro benzene ring substituents is 1. The van der Waals surface area contributed by atoms with Crippen LogP contribution in [-0.4, -0.2) is 26.7 Å². The van der Waals surface area contributed by atoms with E-state index in [9.17, 15) is 24.8 Å². The second-order valence-electron chi connectivity index (χ2n) is 7.03. The third-order valence-corrected chi connectivity index (χ3v) is 6.18. The van der Waals surface area contributed by atoms with Crippen molar-refractivity contribution in [1.82, 2.24) is 4.98 Å². The molecule has 3 aromatic rings. The highest BCUT2D eigenvalue weighted by Gasteiger charge is 2.48. The van der Waals surface area contributed by atoms with Crippen molar-refractivity contribution in [2.24, 2.45) is 0 Å². The third-order valence-electron chi connectivity index (χ3n) is 5.11. The van der Waals surface area contributed by atoms with Crippen LogP contribution < -0.4 is 4.90 Å². The molecule has 4 rings (SSSR count). The maximum atomic E-state index is 13.0. The number of Topliss-reactive ketones (excluding diaryl/α,β-unsaturated/α-hetero) is 1. The molecule has 0 unspecified atom stereocenters. The Kier molecular flexibility index (Phi) is 5.12. The first-order valence-electron chi connectivity index (χ1n) is 9.34. The zero-order chi connectivity index (χ0) is 22.3. The van der Waals surface area contributed by atoms with Gasteiger partial charge in [-0.3, -0.25) is 24.6 Å². The first kappa shape index (κ1) is 20.4. The lowest BCUT2D eigenvalue weighted by molar-refractivity contribution is -0.384. The molecule has 1 amide bonds. The van der Waals surface area contributed by atoms with Crippen LogP contribution in [0.1, 0.15) is 27.7 Å². The molecule has 2 heterocycles. The number of thiazole rings is 1. The van der Waals surface area contributed by atoms with E-state index in [1.807, 2.05) is 6.92 Å². The monoisotopic (exact) mass is 435 g/mol. The van der Waals surface area contributed by atoms with Crippen LogP contribution in [0.25, 0.3) is 5.76 Å². The van der Waals surface area contributed by atoms with Gasteiger partial charge in [-0.1, -0.05) is 42.5 Å². The van der Waals surface area contributed by atoms with Crippen LogP contribution in [0.15, 0.2) is 60.2 Å². The number of aromatic nitrogens is 1. The molecular formula is C22H17N3O5S. The second kappa shape index (κ2) is 7.77. The number of aliphatic hydroxyl groups excluding tert-OH is 1. The van der Waals surface area contributed by atoms with Crippen LogP contribution in [-0.2, 0) is 9.59 Å². The Bertz CT molecular complexity index is 1230. The van der Waals surface area contributed by atoms with Gasteiger partial charge in [0, 0.05) is 22.6 Å². The van der Waals surface area contributed by atoms with E-state index in [2.05, 4.69) is 4.98 Å². The quantitative estimate of drug-likeness (QED) is 0.215. The standard InChI is InChI=1S/C22H17N3O5S/c1-12-13(2)31-22(23-12)24-18(15-9-6-10-16(11-15)25(29)30)17(20(27)21(24)28)19(26)14-7-4-3-5-8-14/h3-11,18,26H,1-2H3/t18-/m1/s1. The van der Waals surface area contributed by atoms with Crippen LogP contribution in [0.4, 0.5) is 10.8 Å². The number of aryl methyl sites for hydroxylation is 2. The Morgan fingerprint density at radius 3 is 2.45 bits per heavy atom. The summed E-state index contributed by atoms with van der Waals surface area (Å²) in [5.74, 6) is -2.06. The van der Waals surface area contributed by atoms with Crippen LogP contribution in [0.2, 0.25) is 0 Å². The molecular weight excluding hydrogens is 418 g/mol. The highest BCUT2D eigenvalue weighted by Crippen LogP contribution is 2.44. The zero-order valence-corrected chi connectivity index (χ0v) is 17.4. The summed E-state index contributed by atoms with van der Waals surface area (Å²) in [6.45, 7) is 3.64. The molecule has 0 saturated carbocycles. The summed E-state index contributed by atoms with van der Waals surface area (Å²) >= 11 is 1.24. The van der Waals surface area contributed by atoms with Gasteiger partial charge in [0.2, 0.25) is 0 Å². The van der Waals surface area contributed by atoms with Gasteiger partial charge >= 0.3 is 5.91 Å². The molecule has 0 bridgehead atoms. The summed E-state index contributed by atoms with van der Waals surface area (Å²) in [6, 6.07) is 13.0. The number of nitrogens with zero attached hydrogens (tertiary/aromatic N) is 3. The van der Waals surface area contributed by atoms with Gasteiger partial charge in [-0.15, -0.1) is 11.3 Å². The van der Waals surface area contributed by atoms with Crippen molar-refractivity contribution >= 4 is 39.6 Å². The van der Waals surface area contributed by atoms with E-state index in [0.29, 0.717) is 22.0 Å². The number of rotatable bonds is 4. The number of carbonyl (C=O) groups excluding carboxylic acids is 2. The molecule has 8 nitrogen and oxygen atoms in total. The maximum absolute atomic E-state index is 13.0. The lowest BCUT2D eigenvalue weighted by Crippen LogP contribution is -2.29. The molecule has 156 valence electrons. The maximum Gasteiger partial charge on any atom is 0.301 e. The van der Waals surface area contributed by atoms with Crippen LogP contribution in [0.5, 0.6) is 0 Å². The SMILES string of the molecule is Cc1nc(N2C(=O)C(=O)C(=C(O)c3ccccc3)[C@H]2c2cccc([N+](=O)[O-])c2)sc1C. The molecule has 1 aliphatic heterocycles. The molecule has 0 spiro atoms. The normalized spacial score (nSPS) is 17.9. The number of ketones is 1. The Hall–Kier alpha value is -3.85. The fourth-order valence-corrected chi connectivity index (χ4v) is 4.40. The molecule has 1 aromatic heterocycles. The topological polar surface area (TPSA) is 114 Å². The number of carbonyl (C=O) groups is 2. The second-order valence-corrected chi connectivity index (χ2v) is 8.21. The highest BCUT2D eigenvalue weighted by molar-refractivity contribution is 7.16. The van der Waals surface area contributed by atoms with Crippen molar-refractivity contribution in [2.45, 2.75) is 19.9 Å². The van der Waals surface area contributed by atoms with Gasteiger partial charge in [0.15, 0.2) is 5.13 Å². The third kappa shape index (κ3) is 3.49. The van der Waals surface area contributed by atoms with Gasteiger partial charge in [0.25, 0.3) is 11.5 Å². The average molecular weight is 435 g/mol. The van der Waals surface area contributed by atoms with Crippen LogP contribution in [0, 0.1) is 24.0 Å². The Balaban J connectivity index is 1.98. The molecule has 1 atom stereocenters. The van der Waals surface area contributed by atoms with E-state index in [0.717, 1.165) is 4.88 Å². The van der Waals surface area contributed by atoms with Crippen molar-refractivity contribution in [3.8, 4) is 0 Å². The predicted molar refractivity (Wildman–Crippen MR) is 116 cm³/mol. The fourth-order valence-electron chi connectivity index (χ4n) is 3.46. The number of non-ortho nitro benzene ring substituents is 1. The van der Waals surface area contributed by atoms with Gasteiger partial charge in [-0.25, -0.2) is 4.98 Å². The van der Waals surface area contributed by atoms with E-state index in [-0.39, 0.29) is 17.0 Å². The first-order valence-corrected chi connectivity index (χ1v) is 10.2. The van der Waals surface area contributed by atoms with Gasteiger partial charge in [-0.05, 0) is 19.4 Å². The number of hydrogen-bond acceptors (Lipinski definition) is 7. The van der Waals surface area contributed by atoms with E-state index in [4.69, 9.17) is 0 Å². The van der Waals surface area contributed by atoms with Crippen molar-refractivity contribution in [1.29, 1.82) is 0 Å². The lowest BCUT2D eigenvalue weighted by Gasteiger charge is -2.22. The number of anilines is 1. The minimum atomic E-state index is -1.05. The summed E-state index contributed by atoms with van der Waals surface area (Å²) in [7, 11) is 0. The summed E-state index contributed by atoms with van der Waals surface area (Å²) in [5, 5.41) is 22.6. The molecule has 9 heteroatoms. The number of amides is 1. The molecule has 0 radical (unpaired) electrons. The van der Waals surface area contributed by atoms with Gasteiger partial charge in [0.05, 0.1) is 22.2 Å². The van der Waals surface area contributed by atoms with E-state index < -0.39 is 22.7 Å². The van der Waals surface area contributed by atoms with E-state index in [1.54, 1.807) is 43.3 Å². The van der Waals surface area contributed by atoms with Gasteiger partial charge in [-0.2, -0.15) is 0 Å². The number of hydrogen-bond donors (Lipinski definition) is 1. The summed E-state index contributed by atoms with van der Waals surface area (Å²) in [4.78, 5) is 43.3. The Labute approximate surface area is 181 Å². The molecule has 1 N–H and O–H groups in total. The van der Waals surface area contributed by atoms with Crippen LogP contribution >= 0.6 is 11.3 Å². The molecule has 31 heavy (non-hydrogen) atoms.